The summed E-state index contributed by atoms with van der Waals surface area (Å²) < 4.78 is 4.27. The predicted molar refractivity (Wildman–Crippen MR) is 78.9 cm³/mol. The zero-order valence-electron chi connectivity index (χ0n) is 13.1. The molecule has 0 atom stereocenters. The van der Waals surface area contributed by atoms with E-state index < -0.39 is 5.91 Å². The van der Waals surface area contributed by atoms with Crippen molar-refractivity contribution >= 4 is 23.4 Å². The fourth-order valence-electron chi connectivity index (χ4n) is 0.174. The Balaban J connectivity index is -0.0000000883. The van der Waals surface area contributed by atoms with Crippen molar-refractivity contribution in [2.45, 2.75) is 34.6 Å². The van der Waals surface area contributed by atoms with Crippen LogP contribution in [0.15, 0.2) is 24.8 Å². The van der Waals surface area contributed by atoms with E-state index in [0.29, 0.717) is 5.57 Å². The molecule has 0 aliphatic heterocycles. The van der Waals surface area contributed by atoms with Gasteiger partial charge in [0.25, 0.3) is 0 Å². The SMILES string of the molecule is C=C(C)C(=O)OC.C=CC(N)=O.CC(C)=O.CC(C)=O. The number of carbonyl (C=O) groups excluding carboxylic acids is 4. The topological polar surface area (TPSA) is 104 Å². The summed E-state index contributed by atoms with van der Waals surface area (Å²) in [4.78, 5) is 38.6. The van der Waals surface area contributed by atoms with E-state index in [0.717, 1.165) is 6.08 Å². The first kappa shape index (κ1) is 26.3. The molecule has 0 radical (unpaired) electrons. The second kappa shape index (κ2) is 19.1. The van der Waals surface area contributed by atoms with Crippen molar-refractivity contribution in [3.63, 3.8) is 0 Å². The Morgan fingerprint density at radius 1 is 0.950 bits per heavy atom. The Kier molecular flexibility index (Phi) is 25.2. The van der Waals surface area contributed by atoms with Crippen LogP contribution in [0.25, 0.3) is 0 Å². The molecule has 0 aliphatic rings. The van der Waals surface area contributed by atoms with E-state index in [-0.39, 0.29) is 17.5 Å². The normalized spacial score (nSPS) is 6.90. The highest BCUT2D eigenvalue weighted by atomic mass is 16.5. The zero-order valence-corrected chi connectivity index (χ0v) is 13.1. The van der Waals surface area contributed by atoms with Gasteiger partial charge in [0.1, 0.15) is 11.6 Å². The van der Waals surface area contributed by atoms with E-state index >= 15 is 0 Å². The minimum Gasteiger partial charge on any atom is -0.466 e. The van der Waals surface area contributed by atoms with E-state index in [2.05, 4.69) is 23.6 Å². The van der Waals surface area contributed by atoms with Crippen molar-refractivity contribution in [2.24, 2.45) is 5.73 Å². The lowest BCUT2D eigenvalue weighted by Crippen LogP contribution is -2.04. The predicted octanol–water partition coefficient (Wildman–Crippen LogP) is 1.58. The molecule has 0 fully saturated rings. The number of hydrogen-bond donors (Lipinski definition) is 1. The van der Waals surface area contributed by atoms with Crippen molar-refractivity contribution in [2.75, 3.05) is 7.11 Å². The van der Waals surface area contributed by atoms with Gasteiger partial charge in [-0.1, -0.05) is 13.2 Å². The van der Waals surface area contributed by atoms with Crippen LogP contribution in [0.1, 0.15) is 34.6 Å². The summed E-state index contributed by atoms with van der Waals surface area (Å²) in [6.45, 7) is 14.2. The number of ketones is 2. The number of Topliss-reactive ketones (excluding diaryl/α,β-unsaturated/α-hetero) is 2. The molecule has 0 aromatic carbocycles. The highest BCUT2D eigenvalue weighted by Gasteiger charge is 1.95. The van der Waals surface area contributed by atoms with E-state index in [1.54, 1.807) is 6.92 Å². The van der Waals surface area contributed by atoms with Crippen LogP contribution in [0.5, 0.6) is 0 Å². The first-order valence-corrected chi connectivity index (χ1v) is 5.52. The number of amides is 1. The van der Waals surface area contributed by atoms with Gasteiger partial charge in [-0.2, -0.15) is 0 Å². The van der Waals surface area contributed by atoms with Crippen molar-refractivity contribution in [1.82, 2.24) is 0 Å². The van der Waals surface area contributed by atoms with Crippen LogP contribution in [0.3, 0.4) is 0 Å². The second-order valence-electron chi connectivity index (χ2n) is 3.69. The third-order valence-corrected chi connectivity index (χ3v) is 0.735. The first-order chi connectivity index (χ1) is 8.91. The van der Waals surface area contributed by atoms with Gasteiger partial charge in [-0.05, 0) is 40.7 Å². The quantitative estimate of drug-likeness (QED) is 0.613. The molecule has 0 saturated carbocycles. The maximum atomic E-state index is 10.2. The molecule has 20 heavy (non-hydrogen) atoms. The van der Waals surface area contributed by atoms with E-state index in [1.165, 1.54) is 34.8 Å². The van der Waals surface area contributed by atoms with Crippen molar-refractivity contribution in [3.8, 4) is 0 Å². The smallest absolute Gasteiger partial charge is 0.332 e. The van der Waals surface area contributed by atoms with E-state index in [4.69, 9.17) is 0 Å². The number of esters is 1. The van der Waals surface area contributed by atoms with Crippen LogP contribution in [-0.2, 0) is 23.9 Å². The lowest BCUT2D eigenvalue weighted by molar-refractivity contribution is -0.136. The van der Waals surface area contributed by atoms with Crippen LogP contribution in [0, 0.1) is 0 Å². The lowest BCUT2D eigenvalue weighted by Gasteiger charge is -1.91. The zero-order chi connectivity index (χ0) is 17.3. The van der Waals surface area contributed by atoms with E-state index in [1.807, 2.05) is 0 Å². The fourth-order valence-corrected chi connectivity index (χ4v) is 0.174. The Morgan fingerprint density at radius 2 is 1.15 bits per heavy atom. The standard InChI is InChI=1S/C5H8O2.C3H5NO.2C3H6O/c1-4(2)5(6)7-3;1-2-3(4)5;2*1-3(2)4/h1H2,2-3H3;2H,1H2,(H2,4,5);2*1-2H3. The Hall–Kier alpha value is -2.24. The van der Waals surface area contributed by atoms with Gasteiger partial charge in [0.05, 0.1) is 7.11 Å². The number of hydrogen-bond acceptors (Lipinski definition) is 5. The molecular weight excluding hydrogens is 262 g/mol. The molecule has 1 amide bonds. The number of nitrogens with two attached hydrogens (primary N) is 1. The molecule has 116 valence electrons. The van der Waals surface area contributed by atoms with Crippen LogP contribution in [0.4, 0.5) is 0 Å². The average Bonchev–Trinajstić information content (AvgIpc) is 2.27. The Labute approximate surface area is 120 Å². The molecule has 0 saturated heterocycles. The lowest BCUT2D eigenvalue weighted by atomic mass is 10.4. The van der Waals surface area contributed by atoms with Crippen LogP contribution in [-0.4, -0.2) is 30.6 Å². The van der Waals surface area contributed by atoms with Crippen LogP contribution >= 0.6 is 0 Å². The Bertz CT molecular complexity index is 325. The van der Waals surface area contributed by atoms with Gasteiger partial charge in [0.15, 0.2) is 0 Å². The molecule has 6 heteroatoms. The summed E-state index contributed by atoms with van der Waals surface area (Å²) in [5.41, 5.74) is 4.97. The van der Waals surface area contributed by atoms with Gasteiger partial charge < -0.3 is 20.1 Å². The average molecular weight is 287 g/mol. The molecule has 0 spiro atoms. The molecule has 0 unspecified atom stereocenters. The molecule has 0 aliphatic carbocycles. The molecule has 0 heterocycles. The van der Waals surface area contributed by atoms with Gasteiger partial charge in [0, 0.05) is 5.57 Å². The molecule has 0 bridgehead atoms. The molecule has 0 rings (SSSR count). The molecule has 6 nitrogen and oxygen atoms in total. The molecule has 2 N–H and O–H groups in total. The number of primary amides is 1. The minimum atomic E-state index is -0.481. The fraction of sp³-hybridized carbons (Fsp3) is 0.429. The van der Waals surface area contributed by atoms with Crippen LogP contribution in [0.2, 0.25) is 0 Å². The number of carbonyl (C=O) groups is 4. The van der Waals surface area contributed by atoms with E-state index in [9.17, 15) is 19.2 Å². The van der Waals surface area contributed by atoms with Gasteiger partial charge >= 0.3 is 5.97 Å². The highest BCUT2D eigenvalue weighted by molar-refractivity contribution is 5.86. The summed E-state index contributed by atoms with van der Waals surface area (Å²) in [6.07, 6.45) is 1.06. The largest absolute Gasteiger partial charge is 0.466 e. The maximum absolute atomic E-state index is 10.2. The van der Waals surface area contributed by atoms with Crippen molar-refractivity contribution in [3.05, 3.63) is 24.8 Å². The third kappa shape index (κ3) is 103. The molecule has 0 aromatic rings. The minimum absolute atomic E-state index is 0.167. The molecular formula is C14H25NO5. The summed E-state index contributed by atoms with van der Waals surface area (Å²) in [5, 5.41) is 0. The third-order valence-electron chi connectivity index (χ3n) is 0.735. The summed E-state index contributed by atoms with van der Waals surface area (Å²) in [7, 11) is 1.33. The summed E-state index contributed by atoms with van der Waals surface area (Å²) in [5.74, 6) is -0.495. The van der Waals surface area contributed by atoms with Gasteiger partial charge in [-0.25, -0.2) is 4.79 Å². The van der Waals surface area contributed by atoms with Gasteiger partial charge in [-0.3, -0.25) is 4.79 Å². The summed E-state index contributed by atoms with van der Waals surface area (Å²) >= 11 is 0. The Morgan fingerprint density at radius 3 is 1.15 bits per heavy atom. The highest BCUT2D eigenvalue weighted by Crippen LogP contribution is 1.87. The number of methoxy groups -OCH3 is 1. The monoisotopic (exact) mass is 287 g/mol. The molecule has 0 aromatic heterocycles. The number of rotatable bonds is 2. The van der Waals surface area contributed by atoms with Crippen LogP contribution < -0.4 is 5.73 Å². The first-order valence-electron chi connectivity index (χ1n) is 5.52. The number of ether oxygens (including phenoxy) is 1. The maximum Gasteiger partial charge on any atom is 0.332 e. The van der Waals surface area contributed by atoms with Gasteiger partial charge in [-0.15, -0.1) is 0 Å². The van der Waals surface area contributed by atoms with Crippen molar-refractivity contribution in [1.29, 1.82) is 0 Å². The van der Waals surface area contributed by atoms with Gasteiger partial charge in [0.2, 0.25) is 5.91 Å². The second-order valence-corrected chi connectivity index (χ2v) is 3.69. The summed E-state index contributed by atoms with van der Waals surface area (Å²) in [6, 6.07) is 0. The van der Waals surface area contributed by atoms with Crippen molar-refractivity contribution < 1.29 is 23.9 Å².